The van der Waals surface area contributed by atoms with Crippen LogP contribution < -0.4 is 0 Å². The highest BCUT2D eigenvalue weighted by Gasteiger charge is 2.61. The lowest BCUT2D eigenvalue weighted by atomic mass is 9.70. The molecule has 2 fully saturated rings. The van der Waals surface area contributed by atoms with Crippen molar-refractivity contribution in [3.8, 4) is 0 Å². The van der Waals surface area contributed by atoms with Crippen molar-refractivity contribution in [2.75, 3.05) is 6.61 Å². The molecule has 2 rings (SSSR count). The van der Waals surface area contributed by atoms with Crippen LogP contribution in [-0.4, -0.2) is 23.8 Å². The van der Waals surface area contributed by atoms with Crippen LogP contribution in [0.3, 0.4) is 0 Å². The Morgan fingerprint density at radius 2 is 2.18 bits per heavy atom. The molecule has 0 aliphatic heterocycles. The van der Waals surface area contributed by atoms with Gasteiger partial charge in [0.2, 0.25) is 0 Å². The molecule has 0 amide bonds. The Morgan fingerprint density at radius 1 is 1.47 bits per heavy atom. The van der Waals surface area contributed by atoms with Gasteiger partial charge in [-0.1, -0.05) is 26.8 Å². The normalized spacial score (nSPS) is 39.0. The Labute approximate surface area is 103 Å². The quantitative estimate of drug-likeness (QED) is 0.766. The maximum atomic E-state index is 10.3. The molecule has 96 valence electrons. The summed E-state index contributed by atoms with van der Waals surface area (Å²) in [5.41, 5.74) is 0.614. The van der Waals surface area contributed by atoms with E-state index >= 15 is 0 Å². The molecule has 0 heterocycles. The third-order valence-corrected chi connectivity index (χ3v) is 5.37. The molecule has 3 nitrogen and oxygen atoms in total. The fourth-order valence-corrected chi connectivity index (χ4v) is 3.70. The molecule has 0 radical (unpaired) electrons. The third kappa shape index (κ3) is 1.90. The van der Waals surface area contributed by atoms with Gasteiger partial charge in [0.15, 0.2) is 0 Å². The number of carboxylic acids is 1. The number of hydrogen-bond donors (Lipinski definition) is 1. The van der Waals surface area contributed by atoms with Crippen molar-refractivity contribution in [3.05, 3.63) is 12.2 Å². The first-order valence-corrected chi connectivity index (χ1v) is 6.39. The zero-order valence-electron chi connectivity index (χ0n) is 10.9. The molecule has 17 heavy (non-hydrogen) atoms. The average Bonchev–Trinajstić information content (AvgIpc) is 2.56. The van der Waals surface area contributed by atoms with Crippen molar-refractivity contribution in [3.63, 3.8) is 0 Å². The molecule has 2 aliphatic carbocycles. The zero-order chi connectivity index (χ0) is 12.7. The largest absolute Gasteiger partial charge is 0.478 e. The lowest BCUT2D eigenvalue weighted by molar-refractivity contribution is -0.131. The Morgan fingerprint density at radius 3 is 2.65 bits per heavy atom. The predicted octanol–water partition coefficient (Wildman–Crippen LogP) is 2.86. The minimum atomic E-state index is -0.909. The van der Waals surface area contributed by atoms with Gasteiger partial charge in [-0.3, -0.25) is 0 Å². The number of rotatable bonds is 4. The highest BCUT2D eigenvalue weighted by molar-refractivity contribution is 5.79. The van der Waals surface area contributed by atoms with Gasteiger partial charge in [-0.2, -0.15) is 0 Å². The van der Waals surface area contributed by atoms with Crippen LogP contribution in [0.5, 0.6) is 0 Å². The van der Waals surface area contributed by atoms with Gasteiger partial charge in [-0.05, 0) is 36.0 Å². The van der Waals surface area contributed by atoms with E-state index in [1.165, 1.54) is 12.8 Å². The minimum Gasteiger partial charge on any atom is -0.478 e. The minimum absolute atomic E-state index is 0.259. The van der Waals surface area contributed by atoms with E-state index in [1.807, 2.05) is 0 Å². The van der Waals surface area contributed by atoms with E-state index in [1.54, 1.807) is 6.08 Å². The maximum Gasteiger partial charge on any atom is 0.328 e. The van der Waals surface area contributed by atoms with Gasteiger partial charge in [0, 0.05) is 6.08 Å². The van der Waals surface area contributed by atoms with E-state index in [4.69, 9.17) is 9.84 Å². The number of fused-ring (bicyclic) bond motifs is 2. The van der Waals surface area contributed by atoms with Gasteiger partial charge in [0.25, 0.3) is 0 Å². The SMILES string of the molecule is CC1(C)C2CCC1(C)C(OC/C=C/C(=O)O)C2. The Kier molecular flexibility index (Phi) is 3.06. The molecular weight excluding hydrogens is 216 g/mol. The van der Waals surface area contributed by atoms with Crippen LogP contribution in [0.25, 0.3) is 0 Å². The van der Waals surface area contributed by atoms with Gasteiger partial charge in [-0.25, -0.2) is 4.79 Å². The molecule has 2 saturated carbocycles. The van der Waals surface area contributed by atoms with Crippen LogP contribution in [0, 0.1) is 16.7 Å². The van der Waals surface area contributed by atoms with Crippen LogP contribution in [-0.2, 0) is 9.53 Å². The first kappa shape index (κ1) is 12.6. The van der Waals surface area contributed by atoms with Gasteiger partial charge in [0.1, 0.15) is 0 Å². The molecule has 2 bridgehead atoms. The van der Waals surface area contributed by atoms with E-state index in [2.05, 4.69) is 20.8 Å². The second-order valence-corrected chi connectivity index (χ2v) is 6.17. The number of carboxylic acid groups (broad SMARTS) is 1. The lowest BCUT2D eigenvalue weighted by Crippen LogP contribution is -2.37. The summed E-state index contributed by atoms with van der Waals surface area (Å²) in [6.07, 6.45) is 6.71. The molecule has 2 aliphatic rings. The summed E-state index contributed by atoms with van der Waals surface area (Å²) in [4.78, 5) is 10.3. The summed E-state index contributed by atoms with van der Waals surface area (Å²) >= 11 is 0. The summed E-state index contributed by atoms with van der Waals surface area (Å²) in [6.45, 7) is 7.43. The van der Waals surface area contributed by atoms with Gasteiger partial charge < -0.3 is 9.84 Å². The van der Waals surface area contributed by atoms with E-state index < -0.39 is 5.97 Å². The Bertz CT molecular complexity index is 345. The number of carbonyl (C=O) groups is 1. The monoisotopic (exact) mass is 238 g/mol. The molecule has 0 aromatic carbocycles. The van der Waals surface area contributed by atoms with Crippen molar-refractivity contribution in [2.24, 2.45) is 16.7 Å². The summed E-state index contributed by atoms with van der Waals surface area (Å²) in [5, 5.41) is 8.50. The summed E-state index contributed by atoms with van der Waals surface area (Å²) in [7, 11) is 0. The summed E-state index contributed by atoms with van der Waals surface area (Å²) in [5.74, 6) is -0.144. The van der Waals surface area contributed by atoms with Gasteiger partial charge >= 0.3 is 5.97 Å². The van der Waals surface area contributed by atoms with Crippen LogP contribution >= 0.6 is 0 Å². The standard InChI is InChI=1S/C14H22O3/c1-13(2)10-6-7-14(13,3)11(9-10)17-8-4-5-12(15)16/h4-5,10-11H,6-9H2,1-3H3,(H,15,16)/b5-4+. The van der Waals surface area contributed by atoms with Crippen molar-refractivity contribution >= 4 is 5.97 Å². The highest BCUT2D eigenvalue weighted by atomic mass is 16.5. The van der Waals surface area contributed by atoms with Crippen molar-refractivity contribution in [2.45, 2.75) is 46.1 Å². The van der Waals surface area contributed by atoms with E-state index in [0.29, 0.717) is 12.0 Å². The summed E-state index contributed by atoms with van der Waals surface area (Å²) in [6, 6.07) is 0. The topological polar surface area (TPSA) is 46.5 Å². The molecule has 1 N–H and O–H groups in total. The van der Waals surface area contributed by atoms with E-state index in [-0.39, 0.29) is 11.5 Å². The lowest BCUT2D eigenvalue weighted by Gasteiger charge is -2.38. The van der Waals surface area contributed by atoms with Gasteiger partial charge in [-0.15, -0.1) is 0 Å². The average molecular weight is 238 g/mol. The number of hydrogen-bond acceptors (Lipinski definition) is 2. The van der Waals surface area contributed by atoms with Crippen LogP contribution in [0.15, 0.2) is 12.2 Å². The maximum absolute atomic E-state index is 10.3. The van der Waals surface area contributed by atoms with Gasteiger partial charge in [0.05, 0.1) is 12.7 Å². The van der Waals surface area contributed by atoms with Crippen LogP contribution in [0.2, 0.25) is 0 Å². The first-order valence-electron chi connectivity index (χ1n) is 6.39. The first-order chi connectivity index (χ1) is 7.88. The third-order valence-electron chi connectivity index (χ3n) is 5.37. The summed E-state index contributed by atoms with van der Waals surface area (Å²) < 4.78 is 5.88. The van der Waals surface area contributed by atoms with E-state index in [0.717, 1.165) is 18.4 Å². The molecule has 0 aromatic rings. The molecule has 3 unspecified atom stereocenters. The van der Waals surface area contributed by atoms with E-state index in [9.17, 15) is 4.79 Å². The second-order valence-electron chi connectivity index (χ2n) is 6.17. The fourth-order valence-electron chi connectivity index (χ4n) is 3.70. The number of ether oxygens (including phenoxy) is 1. The molecular formula is C14H22O3. The number of aliphatic carboxylic acids is 1. The zero-order valence-corrected chi connectivity index (χ0v) is 10.9. The molecule has 0 aromatic heterocycles. The molecule has 0 spiro atoms. The van der Waals surface area contributed by atoms with Crippen LogP contribution in [0.1, 0.15) is 40.0 Å². The molecule has 0 saturated heterocycles. The highest BCUT2D eigenvalue weighted by Crippen LogP contribution is 2.66. The van der Waals surface area contributed by atoms with Crippen molar-refractivity contribution in [1.82, 2.24) is 0 Å². The van der Waals surface area contributed by atoms with Crippen LogP contribution in [0.4, 0.5) is 0 Å². The molecule has 3 atom stereocenters. The van der Waals surface area contributed by atoms with Crippen molar-refractivity contribution < 1.29 is 14.6 Å². The van der Waals surface area contributed by atoms with Crippen molar-refractivity contribution in [1.29, 1.82) is 0 Å². The Balaban J connectivity index is 1.94. The second kappa shape index (κ2) is 4.13. The predicted molar refractivity (Wildman–Crippen MR) is 65.7 cm³/mol. The molecule has 3 heteroatoms. The smallest absolute Gasteiger partial charge is 0.328 e. The Hall–Kier alpha value is -0.830. The fraction of sp³-hybridized carbons (Fsp3) is 0.786.